The summed E-state index contributed by atoms with van der Waals surface area (Å²) in [7, 11) is 0. The zero-order chi connectivity index (χ0) is 14.0. The van der Waals surface area contributed by atoms with Gasteiger partial charge in [-0.15, -0.1) is 0 Å². The summed E-state index contributed by atoms with van der Waals surface area (Å²) in [6.07, 6.45) is -0.562. The average Bonchev–Trinajstić information content (AvgIpc) is 2.28. The predicted octanol–water partition coefficient (Wildman–Crippen LogP) is 2.70. The minimum Gasteiger partial charge on any atom is -0.334 e. The van der Waals surface area contributed by atoms with Crippen LogP contribution in [0.1, 0.15) is 45.4 Å². The van der Waals surface area contributed by atoms with E-state index in [2.05, 4.69) is 0 Å². The highest BCUT2D eigenvalue weighted by molar-refractivity contribution is 5.76. The highest BCUT2D eigenvalue weighted by atomic mass is 19.4. The highest BCUT2D eigenvalue weighted by Gasteiger charge is 2.32. The van der Waals surface area contributed by atoms with Crippen LogP contribution in [-0.2, 0) is 4.79 Å². The van der Waals surface area contributed by atoms with Crippen LogP contribution in [0, 0.1) is 0 Å². The molecule has 0 saturated carbocycles. The topological polar surface area (TPSA) is 46.3 Å². The largest absolute Gasteiger partial charge is 0.406 e. The van der Waals surface area contributed by atoms with Gasteiger partial charge in [0, 0.05) is 13.0 Å². The molecule has 0 spiro atoms. The standard InChI is InChI=1S/C12H23F3N2O/c1-2-3-9-17(10-12(13,14)15)11(18)7-5-4-6-8-16/h2-10,16H2,1H3. The van der Waals surface area contributed by atoms with Gasteiger partial charge in [0.25, 0.3) is 0 Å². The van der Waals surface area contributed by atoms with E-state index < -0.39 is 18.6 Å². The van der Waals surface area contributed by atoms with Gasteiger partial charge in [-0.1, -0.05) is 19.8 Å². The molecule has 0 aliphatic rings. The monoisotopic (exact) mass is 268 g/mol. The lowest BCUT2D eigenvalue weighted by molar-refractivity contribution is -0.161. The Bertz CT molecular complexity index is 232. The normalized spacial score (nSPS) is 11.6. The van der Waals surface area contributed by atoms with Gasteiger partial charge in [-0.05, 0) is 25.8 Å². The zero-order valence-corrected chi connectivity index (χ0v) is 10.9. The summed E-state index contributed by atoms with van der Waals surface area (Å²) in [6, 6.07) is 0. The molecule has 1 amide bonds. The summed E-state index contributed by atoms with van der Waals surface area (Å²) in [4.78, 5) is 12.6. The summed E-state index contributed by atoms with van der Waals surface area (Å²) in [5.74, 6) is -0.405. The molecule has 2 N–H and O–H groups in total. The van der Waals surface area contributed by atoms with Gasteiger partial charge in [-0.25, -0.2) is 0 Å². The fraction of sp³-hybridized carbons (Fsp3) is 0.917. The van der Waals surface area contributed by atoms with Crippen molar-refractivity contribution in [2.75, 3.05) is 19.6 Å². The van der Waals surface area contributed by atoms with E-state index in [1.165, 1.54) is 0 Å². The third-order valence-corrected chi connectivity index (χ3v) is 2.60. The molecule has 0 aromatic rings. The Kier molecular flexibility index (Phi) is 8.79. The van der Waals surface area contributed by atoms with Gasteiger partial charge in [0.1, 0.15) is 6.54 Å². The van der Waals surface area contributed by atoms with Crippen LogP contribution >= 0.6 is 0 Å². The van der Waals surface area contributed by atoms with Gasteiger partial charge in [-0.3, -0.25) is 4.79 Å². The molecule has 6 heteroatoms. The molecular formula is C12H23F3N2O. The molecule has 0 fully saturated rings. The van der Waals surface area contributed by atoms with Crippen LogP contribution in [-0.4, -0.2) is 36.6 Å². The number of amides is 1. The summed E-state index contributed by atoms with van der Waals surface area (Å²) in [5, 5.41) is 0. The van der Waals surface area contributed by atoms with Crippen LogP contribution in [0.4, 0.5) is 13.2 Å². The number of hydrogen-bond acceptors (Lipinski definition) is 2. The second-order valence-corrected chi connectivity index (χ2v) is 4.38. The number of carbonyl (C=O) groups excluding carboxylic acids is 1. The van der Waals surface area contributed by atoms with Crippen molar-refractivity contribution in [2.45, 2.75) is 51.6 Å². The smallest absolute Gasteiger partial charge is 0.334 e. The lowest BCUT2D eigenvalue weighted by Gasteiger charge is -2.23. The fourth-order valence-electron chi connectivity index (χ4n) is 1.61. The molecule has 0 aromatic carbocycles. The fourth-order valence-corrected chi connectivity index (χ4v) is 1.61. The number of nitrogens with zero attached hydrogens (tertiary/aromatic N) is 1. The molecule has 0 heterocycles. The van der Waals surface area contributed by atoms with Crippen LogP contribution < -0.4 is 5.73 Å². The van der Waals surface area contributed by atoms with Crippen molar-refractivity contribution in [2.24, 2.45) is 5.73 Å². The zero-order valence-electron chi connectivity index (χ0n) is 10.9. The minimum atomic E-state index is -4.32. The van der Waals surface area contributed by atoms with Gasteiger partial charge in [0.2, 0.25) is 5.91 Å². The number of rotatable bonds is 9. The first-order valence-corrected chi connectivity index (χ1v) is 6.45. The lowest BCUT2D eigenvalue weighted by Crippen LogP contribution is -2.39. The van der Waals surface area contributed by atoms with E-state index in [1.54, 1.807) is 0 Å². The number of nitrogens with two attached hydrogens (primary N) is 1. The minimum absolute atomic E-state index is 0.180. The van der Waals surface area contributed by atoms with Crippen molar-refractivity contribution in [1.29, 1.82) is 0 Å². The van der Waals surface area contributed by atoms with Crippen molar-refractivity contribution in [3.63, 3.8) is 0 Å². The van der Waals surface area contributed by atoms with Crippen LogP contribution in [0.25, 0.3) is 0 Å². The summed E-state index contributed by atoms with van der Waals surface area (Å²) in [6.45, 7) is 1.49. The molecule has 0 saturated heterocycles. The van der Waals surface area contributed by atoms with Crippen molar-refractivity contribution >= 4 is 5.91 Å². The van der Waals surface area contributed by atoms with E-state index in [4.69, 9.17) is 5.73 Å². The lowest BCUT2D eigenvalue weighted by atomic mass is 10.1. The van der Waals surface area contributed by atoms with Gasteiger partial charge < -0.3 is 10.6 Å². The second kappa shape index (κ2) is 9.19. The maximum atomic E-state index is 12.3. The molecule has 0 aliphatic carbocycles. The number of hydrogen-bond donors (Lipinski definition) is 1. The van der Waals surface area contributed by atoms with Crippen molar-refractivity contribution in [3.8, 4) is 0 Å². The molecule has 0 radical (unpaired) electrons. The van der Waals surface area contributed by atoms with Crippen molar-refractivity contribution < 1.29 is 18.0 Å². The van der Waals surface area contributed by atoms with E-state index in [9.17, 15) is 18.0 Å². The summed E-state index contributed by atoms with van der Waals surface area (Å²) < 4.78 is 37.0. The van der Waals surface area contributed by atoms with Crippen LogP contribution in [0.2, 0.25) is 0 Å². The maximum absolute atomic E-state index is 12.3. The first-order chi connectivity index (χ1) is 8.40. The molecule has 3 nitrogen and oxygen atoms in total. The Morgan fingerprint density at radius 2 is 1.83 bits per heavy atom. The first-order valence-electron chi connectivity index (χ1n) is 6.45. The molecule has 18 heavy (non-hydrogen) atoms. The Balaban J connectivity index is 4.14. The van der Waals surface area contributed by atoms with Crippen LogP contribution in [0.5, 0.6) is 0 Å². The molecule has 0 rings (SSSR count). The SMILES string of the molecule is CCCCN(CC(F)(F)F)C(=O)CCCCCN. The first kappa shape index (κ1) is 17.2. The number of alkyl halides is 3. The van der Waals surface area contributed by atoms with E-state index >= 15 is 0 Å². The number of carbonyl (C=O) groups is 1. The summed E-state index contributed by atoms with van der Waals surface area (Å²) >= 11 is 0. The molecule has 0 aliphatic heterocycles. The van der Waals surface area contributed by atoms with Crippen LogP contribution in [0.15, 0.2) is 0 Å². The van der Waals surface area contributed by atoms with Crippen LogP contribution in [0.3, 0.4) is 0 Å². The maximum Gasteiger partial charge on any atom is 0.406 e. The van der Waals surface area contributed by atoms with Crippen molar-refractivity contribution in [1.82, 2.24) is 4.90 Å². The number of unbranched alkanes of at least 4 members (excludes halogenated alkanes) is 3. The van der Waals surface area contributed by atoms with E-state index in [1.807, 2.05) is 6.92 Å². The Morgan fingerprint density at radius 3 is 2.33 bits per heavy atom. The Morgan fingerprint density at radius 1 is 1.17 bits per heavy atom. The molecule has 0 atom stereocenters. The molecule has 0 unspecified atom stereocenters. The quantitative estimate of drug-likeness (QED) is 0.653. The molecule has 0 bridgehead atoms. The average molecular weight is 268 g/mol. The third-order valence-electron chi connectivity index (χ3n) is 2.60. The predicted molar refractivity (Wildman–Crippen MR) is 65.1 cm³/mol. The number of halogens is 3. The molecular weight excluding hydrogens is 245 g/mol. The Hall–Kier alpha value is -0.780. The molecule has 108 valence electrons. The van der Waals surface area contributed by atoms with E-state index in [0.29, 0.717) is 19.4 Å². The van der Waals surface area contributed by atoms with Gasteiger partial charge in [-0.2, -0.15) is 13.2 Å². The van der Waals surface area contributed by atoms with E-state index in [-0.39, 0.29) is 13.0 Å². The second-order valence-electron chi connectivity index (χ2n) is 4.38. The van der Waals surface area contributed by atoms with Gasteiger partial charge >= 0.3 is 6.18 Å². The molecule has 0 aromatic heterocycles. The van der Waals surface area contributed by atoms with Gasteiger partial charge in [0.05, 0.1) is 0 Å². The van der Waals surface area contributed by atoms with Crippen molar-refractivity contribution in [3.05, 3.63) is 0 Å². The highest BCUT2D eigenvalue weighted by Crippen LogP contribution is 2.18. The van der Waals surface area contributed by atoms with Gasteiger partial charge in [0.15, 0.2) is 0 Å². The summed E-state index contributed by atoms with van der Waals surface area (Å²) in [5.41, 5.74) is 5.31. The van der Waals surface area contributed by atoms with E-state index in [0.717, 1.165) is 24.2 Å². The Labute approximate surface area is 107 Å². The third kappa shape index (κ3) is 9.27.